The first-order chi connectivity index (χ1) is 8.19. The maximum absolute atomic E-state index is 13.2. The molecule has 0 aliphatic heterocycles. The fourth-order valence-electron chi connectivity index (χ4n) is 1.76. The van der Waals surface area contributed by atoms with Crippen LogP contribution in [0.3, 0.4) is 0 Å². The Labute approximate surface area is 109 Å². The molecule has 0 bridgehead atoms. The lowest BCUT2D eigenvalue weighted by Crippen LogP contribution is -2.04. The summed E-state index contributed by atoms with van der Waals surface area (Å²) < 4.78 is 13.2. The van der Waals surface area contributed by atoms with Gasteiger partial charge in [0.2, 0.25) is 0 Å². The van der Waals surface area contributed by atoms with E-state index in [0.29, 0.717) is 5.88 Å². The van der Waals surface area contributed by atoms with Crippen LogP contribution in [0.25, 0.3) is 0 Å². The lowest BCUT2D eigenvalue weighted by atomic mass is 9.97. The summed E-state index contributed by atoms with van der Waals surface area (Å²) in [7, 11) is 0. The van der Waals surface area contributed by atoms with Gasteiger partial charge in [-0.25, -0.2) is 9.37 Å². The van der Waals surface area contributed by atoms with Crippen LogP contribution in [0.2, 0.25) is 0 Å². The summed E-state index contributed by atoms with van der Waals surface area (Å²) in [5.41, 5.74) is 0.950. The number of hydrogen-bond donors (Lipinski definition) is 0. The van der Waals surface area contributed by atoms with Crippen molar-refractivity contribution in [3.05, 3.63) is 51.7 Å². The first kappa shape index (κ1) is 12.5. The van der Waals surface area contributed by atoms with Crippen molar-refractivity contribution in [2.24, 2.45) is 0 Å². The smallest absolute Gasteiger partial charge is 0.123 e. The van der Waals surface area contributed by atoms with Gasteiger partial charge < -0.3 is 0 Å². The number of rotatable bonds is 4. The van der Waals surface area contributed by atoms with Gasteiger partial charge in [-0.05, 0) is 31.0 Å². The molecule has 0 radical (unpaired) electrons. The highest BCUT2D eigenvalue weighted by atomic mass is 35.5. The number of halogens is 2. The van der Waals surface area contributed by atoms with E-state index >= 15 is 0 Å². The van der Waals surface area contributed by atoms with Crippen molar-refractivity contribution in [3.63, 3.8) is 0 Å². The highest BCUT2D eigenvalue weighted by Gasteiger charge is 2.13. The second-order valence-corrected chi connectivity index (χ2v) is 5.58. The van der Waals surface area contributed by atoms with Gasteiger partial charge in [0, 0.05) is 22.9 Å². The van der Waals surface area contributed by atoms with Gasteiger partial charge in [0.25, 0.3) is 0 Å². The molecule has 1 unspecified atom stereocenters. The molecule has 0 fully saturated rings. The largest absolute Gasteiger partial charge is 0.250 e. The van der Waals surface area contributed by atoms with Crippen molar-refractivity contribution < 1.29 is 4.39 Å². The van der Waals surface area contributed by atoms with Crippen LogP contribution in [-0.4, -0.2) is 10.9 Å². The summed E-state index contributed by atoms with van der Waals surface area (Å²) in [6, 6.07) is 6.65. The lowest BCUT2D eigenvalue weighted by molar-refractivity contribution is 0.621. The number of hydrogen-bond acceptors (Lipinski definition) is 2. The zero-order chi connectivity index (χ0) is 12.3. The molecule has 1 aromatic heterocycles. The van der Waals surface area contributed by atoms with E-state index in [4.69, 9.17) is 11.6 Å². The molecular weight excluding hydrogens is 257 g/mol. The fraction of sp³-hybridized carbons (Fsp3) is 0.308. The second kappa shape index (κ2) is 5.61. The maximum Gasteiger partial charge on any atom is 0.123 e. The summed E-state index contributed by atoms with van der Waals surface area (Å²) in [6.45, 7) is 1.98. The number of alkyl halides is 1. The monoisotopic (exact) mass is 269 g/mol. The Morgan fingerprint density at radius 1 is 1.47 bits per heavy atom. The number of nitrogens with zero attached hydrogens (tertiary/aromatic N) is 1. The molecule has 1 aromatic carbocycles. The van der Waals surface area contributed by atoms with Gasteiger partial charge in [-0.1, -0.05) is 12.1 Å². The molecule has 2 aromatic rings. The van der Waals surface area contributed by atoms with Crippen molar-refractivity contribution >= 4 is 22.9 Å². The van der Waals surface area contributed by atoms with Crippen molar-refractivity contribution in [2.45, 2.75) is 19.3 Å². The quantitative estimate of drug-likeness (QED) is 0.760. The first-order valence-corrected chi connectivity index (χ1v) is 6.77. The van der Waals surface area contributed by atoms with Gasteiger partial charge >= 0.3 is 0 Å². The predicted molar refractivity (Wildman–Crippen MR) is 70.4 cm³/mol. The SMILES string of the molecule is Cc1ncc(CC(CCl)c2cccc(F)c2)s1. The topological polar surface area (TPSA) is 12.9 Å². The minimum absolute atomic E-state index is 0.146. The van der Waals surface area contributed by atoms with Crippen LogP contribution >= 0.6 is 22.9 Å². The molecule has 0 N–H and O–H groups in total. The van der Waals surface area contributed by atoms with Crippen molar-refractivity contribution in [1.82, 2.24) is 4.98 Å². The van der Waals surface area contributed by atoms with Crippen LogP contribution in [0.1, 0.15) is 21.4 Å². The minimum Gasteiger partial charge on any atom is -0.250 e. The number of aryl methyl sites for hydroxylation is 1. The molecule has 2 rings (SSSR count). The third-order valence-electron chi connectivity index (χ3n) is 2.62. The van der Waals surface area contributed by atoms with Gasteiger partial charge in [-0.15, -0.1) is 22.9 Å². The average molecular weight is 270 g/mol. The van der Waals surface area contributed by atoms with Crippen molar-refractivity contribution in [2.75, 3.05) is 5.88 Å². The van der Waals surface area contributed by atoms with Gasteiger partial charge in [0.05, 0.1) is 5.01 Å². The summed E-state index contributed by atoms with van der Waals surface area (Å²) in [4.78, 5) is 5.41. The van der Waals surface area contributed by atoms with E-state index in [1.54, 1.807) is 23.5 Å². The molecule has 90 valence electrons. The van der Waals surface area contributed by atoms with Crippen LogP contribution in [-0.2, 0) is 6.42 Å². The summed E-state index contributed by atoms with van der Waals surface area (Å²) in [5, 5.41) is 1.05. The van der Waals surface area contributed by atoms with Gasteiger partial charge in [0.15, 0.2) is 0 Å². The average Bonchev–Trinajstić information content (AvgIpc) is 2.72. The maximum atomic E-state index is 13.2. The molecule has 0 spiro atoms. The van der Waals surface area contributed by atoms with Crippen LogP contribution in [0.5, 0.6) is 0 Å². The minimum atomic E-state index is -0.210. The zero-order valence-electron chi connectivity index (χ0n) is 9.49. The van der Waals surface area contributed by atoms with Crippen LogP contribution < -0.4 is 0 Å². The molecule has 4 heteroatoms. The summed E-state index contributed by atoms with van der Waals surface area (Å²) >= 11 is 7.64. The van der Waals surface area contributed by atoms with Gasteiger partial charge in [-0.3, -0.25) is 0 Å². The molecule has 0 aliphatic carbocycles. The highest BCUT2D eigenvalue weighted by molar-refractivity contribution is 7.11. The molecule has 0 amide bonds. The highest BCUT2D eigenvalue weighted by Crippen LogP contribution is 2.25. The van der Waals surface area contributed by atoms with Crippen LogP contribution in [0.4, 0.5) is 4.39 Å². The van der Waals surface area contributed by atoms with Crippen molar-refractivity contribution in [1.29, 1.82) is 0 Å². The number of thiazole rings is 1. The Kier molecular flexibility index (Phi) is 4.13. The Hall–Kier alpha value is -0.930. The molecule has 17 heavy (non-hydrogen) atoms. The lowest BCUT2D eigenvalue weighted by Gasteiger charge is -2.12. The summed E-state index contributed by atoms with van der Waals surface area (Å²) in [5.74, 6) is 0.422. The molecule has 0 saturated carbocycles. The predicted octanol–water partition coefficient (Wildman–Crippen LogP) is 4.16. The molecular formula is C13H13ClFNS. The Bertz CT molecular complexity index is 498. The molecule has 0 aliphatic rings. The van der Waals surface area contributed by atoms with E-state index in [-0.39, 0.29) is 11.7 Å². The number of benzene rings is 1. The van der Waals surface area contributed by atoms with Crippen molar-refractivity contribution in [3.8, 4) is 0 Å². The molecule has 1 atom stereocenters. The molecule has 0 saturated heterocycles. The fourth-order valence-corrected chi connectivity index (χ4v) is 2.93. The van der Waals surface area contributed by atoms with E-state index < -0.39 is 0 Å². The molecule has 1 heterocycles. The van der Waals surface area contributed by atoms with E-state index in [9.17, 15) is 4.39 Å². The zero-order valence-corrected chi connectivity index (χ0v) is 11.1. The first-order valence-electron chi connectivity index (χ1n) is 5.42. The normalized spacial score (nSPS) is 12.6. The van der Waals surface area contributed by atoms with Gasteiger partial charge in [-0.2, -0.15) is 0 Å². The Balaban J connectivity index is 2.16. The van der Waals surface area contributed by atoms with Crippen LogP contribution in [0, 0.1) is 12.7 Å². The Morgan fingerprint density at radius 2 is 2.29 bits per heavy atom. The summed E-state index contributed by atoms with van der Waals surface area (Å²) in [6.07, 6.45) is 2.69. The van der Waals surface area contributed by atoms with E-state index in [1.807, 2.05) is 19.2 Å². The third-order valence-corrected chi connectivity index (χ3v) is 3.93. The van der Waals surface area contributed by atoms with Gasteiger partial charge in [0.1, 0.15) is 5.82 Å². The second-order valence-electron chi connectivity index (χ2n) is 3.96. The Morgan fingerprint density at radius 3 is 2.88 bits per heavy atom. The van der Waals surface area contributed by atoms with Crippen LogP contribution in [0.15, 0.2) is 30.5 Å². The van der Waals surface area contributed by atoms with E-state index in [1.165, 1.54) is 10.9 Å². The third kappa shape index (κ3) is 3.27. The standard InChI is InChI=1S/C13H13ClFNS/c1-9-16-8-13(17-9)6-11(7-14)10-3-2-4-12(15)5-10/h2-5,8,11H,6-7H2,1H3. The van der Waals surface area contributed by atoms with E-state index in [0.717, 1.165) is 17.0 Å². The number of aromatic nitrogens is 1. The van der Waals surface area contributed by atoms with E-state index in [2.05, 4.69) is 4.98 Å². The molecule has 1 nitrogen and oxygen atoms in total.